The largest absolute Gasteiger partial charge is 0.496 e. The van der Waals surface area contributed by atoms with Gasteiger partial charge in [-0.2, -0.15) is 0 Å². The van der Waals surface area contributed by atoms with E-state index in [1.54, 1.807) is 19.3 Å². The molecule has 25 heavy (non-hydrogen) atoms. The van der Waals surface area contributed by atoms with Crippen molar-refractivity contribution in [2.45, 2.75) is 38.1 Å². The Balaban J connectivity index is 1.87. The Kier molecular flexibility index (Phi) is 6.97. The fourth-order valence-electron chi connectivity index (χ4n) is 2.67. The molecule has 1 aromatic carbocycles. The third-order valence-electron chi connectivity index (χ3n) is 3.89. The Labute approximate surface area is 147 Å². The van der Waals surface area contributed by atoms with Crippen molar-refractivity contribution in [3.63, 3.8) is 0 Å². The molecule has 136 valence electrons. The van der Waals surface area contributed by atoms with Gasteiger partial charge < -0.3 is 25.2 Å². The zero-order valence-corrected chi connectivity index (χ0v) is 14.4. The average molecular weight is 348 g/mol. The Hall–Kier alpha value is -2.38. The number of amides is 2. The van der Waals surface area contributed by atoms with E-state index in [0.29, 0.717) is 6.54 Å². The highest BCUT2D eigenvalue weighted by molar-refractivity contribution is 5.77. The number of hydrogen-bond donors (Lipinski definition) is 3. The van der Waals surface area contributed by atoms with E-state index in [4.69, 9.17) is 9.47 Å². The number of para-hydroxylation sites is 1. The van der Waals surface area contributed by atoms with Gasteiger partial charge in [0, 0.05) is 19.0 Å². The molecule has 1 aliphatic heterocycles. The molecule has 2 amide bonds. The highest BCUT2D eigenvalue weighted by atomic mass is 16.5. The zero-order chi connectivity index (χ0) is 18.2. The van der Waals surface area contributed by atoms with E-state index in [9.17, 15) is 14.7 Å². The molecule has 7 heteroatoms. The van der Waals surface area contributed by atoms with E-state index in [0.717, 1.165) is 11.3 Å². The SMILES string of the molecule is COc1ccccc1CNC(=O)C[C@@H]1C=C[C@@H](NC(C)=O)[C@@H](CO)O1. The first kappa shape index (κ1) is 19.0. The molecule has 0 aliphatic carbocycles. The molecule has 0 radical (unpaired) electrons. The van der Waals surface area contributed by atoms with Crippen LogP contribution in [0.3, 0.4) is 0 Å². The third kappa shape index (κ3) is 5.58. The second kappa shape index (κ2) is 9.19. The molecule has 0 aromatic heterocycles. The molecular weight excluding hydrogens is 324 g/mol. The number of nitrogens with one attached hydrogen (secondary N) is 2. The Morgan fingerprint density at radius 1 is 1.28 bits per heavy atom. The molecular formula is C18H24N2O5. The molecule has 0 saturated heterocycles. The van der Waals surface area contributed by atoms with Gasteiger partial charge in [0.15, 0.2) is 0 Å². The van der Waals surface area contributed by atoms with Crippen LogP contribution in [0.4, 0.5) is 0 Å². The number of rotatable bonds is 7. The topological polar surface area (TPSA) is 96.9 Å². The van der Waals surface area contributed by atoms with Gasteiger partial charge in [0.05, 0.1) is 32.3 Å². The highest BCUT2D eigenvalue weighted by Crippen LogP contribution is 2.18. The van der Waals surface area contributed by atoms with Crippen molar-refractivity contribution in [3.05, 3.63) is 42.0 Å². The van der Waals surface area contributed by atoms with Crippen molar-refractivity contribution in [1.82, 2.24) is 10.6 Å². The van der Waals surface area contributed by atoms with E-state index >= 15 is 0 Å². The summed E-state index contributed by atoms with van der Waals surface area (Å²) in [5.41, 5.74) is 0.886. The van der Waals surface area contributed by atoms with Crippen molar-refractivity contribution in [2.24, 2.45) is 0 Å². The van der Waals surface area contributed by atoms with E-state index in [1.165, 1.54) is 6.92 Å². The van der Waals surface area contributed by atoms with Crippen molar-refractivity contribution in [2.75, 3.05) is 13.7 Å². The number of carbonyl (C=O) groups is 2. The number of aliphatic hydroxyl groups excluding tert-OH is 1. The summed E-state index contributed by atoms with van der Waals surface area (Å²) in [6.07, 6.45) is 2.61. The fraction of sp³-hybridized carbons (Fsp3) is 0.444. The van der Waals surface area contributed by atoms with Crippen molar-refractivity contribution in [1.29, 1.82) is 0 Å². The molecule has 0 saturated carbocycles. The van der Waals surface area contributed by atoms with Gasteiger partial charge >= 0.3 is 0 Å². The van der Waals surface area contributed by atoms with E-state index < -0.39 is 18.2 Å². The van der Waals surface area contributed by atoms with Crippen LogP contribution < -0.4 is 15.4 Å². The van der Waals surface area contributed by atoms with Gasteiger partial charge in [-0.25, -0.2) is 0 Å². The van der Waals surface area contributed by atoms with Crippen LogP contribution in [-0.4, -0.2) is 48.9 Å². The minimum absolute atomic E-state index is 0.134. The maximum Gasteiger partial charge on any atom is 0.223 e. The van der Waals surface area contributed by atoms with Gasteiger partial charge in [-0.3, -0.25) is 9.59 Å². The van der Waals surface area contributed by atoms with Gasteiger partial charge in [0.2, 0.25) is 11.8 Å². The maximum absolute atomic E-state index is 12.1. The molecule has 2 rings (SSSR count). The standard InChI is InChI=1S/C18H24N2O5/c1-12(22)20-15-8-7-14(25-17(15)11-21)9-18(23)19-10-13-5-3-4-6-16(13)24-2/h3-8,14-15,17,21H,9-11H2,1-2H3,(H,19,23)(H,20,22)/t14-,15+,17+/m0/s1. The van der Waals surface area contributed by atoms with Gasteiger partial charge in [-0.1, -0.05) is 30.4 Å². The van der Waals surface area contributed by atoms with E-state index in [-0.39, 0.29) is 24.8 Å². The lowest BCUT2D eigenvalue weighted by atomic mass is 10.0. The van der Waals surface area contributed by atoms with Crippen LogP contribution in [0, 0.1) is 0 Å². The lowest BCUT2D eigenvalue weighted by Gasteiger charge is -2.31. The molecule has 7 nitrogen and oxygen atoms in total. The van der Waals surface area contributed by atoms with Crippen molar-refractivity contribution >= 4 is 11.8 Å². The summed E-state index contributed by atoms with van der Waals surface area (Å²) in [4.78, 5) is 23.3. The number of carbonyl (C=O) groups excluding carboxylic acids is 2. The highest BCUT2D eigenvalue weighted by Gasteiger charge is 2.28. The van der Waals surface area contributed by atoms with E-state index in [1.807, 2.05) is 24.3 Å². The summed E-state index contributed by atoms with van der Waals surface area (Å²) in [5, 5.41) is 14.9. The summed E-state index contributed by atoms with van der Waals surface area (Å²) >= 11 is 0. The molecule has 0 spiro atoms. The molecule has 0 bridgehead atoms. The predicted molar refractivity (Wildman–Crippen MR) is 91.9 cm³/mol. The van der Waals surface area contributed by atoms with Crippen molar-refractivity contribution in [3.8, 4) is 5.75 Å². The Morgan fingerprint density at radius 3 is 2.72 bits per heavy atom. The third-order valence-corrected chi connectivity index (χ3v) is 3.89. The zero-order valence-electron chi connectivity index (χ0n) is 14.4. The van der Waals surface area contributed by atoms with Crippen LogP contribution in [-0.2, 0) is 20.9 Å². The summed E-state index contributed by atoms with van der Waals surface area (Å²) in [7, 11) is 1.59. The first-order chi connectivity index (χ1) is 12.0. The van der Waals surface area contributed by atoms with Crippen LogP contribution in [0.1, 0.15) is 18.9 Å². The second-order valence-electron chi connectivity index (χ2n) is 5.80. The summed E-state index contributed by atoms with van der Waals surface area (Å²) in [5.74, 6) is 0.343. The molecule has 1 aromatic rings. The van der Waals surface area contributed by atoms with Crippen LogP contribution in [0.2, 0.25) is 0 Å². The van der Waals surface area contributed by atoms with Gasteiger partial charge in [0.25, 0.3) is 0 Å². The second-order valence-corrected chi connectivity index (χ2v) is 5.80. The number of aliphatic hydroxyl groups is 1. The van der Waals surface area contributed by atoms with E-state index in [2.05, 4.69) is 10.6 Å². The van der Waals surface area contributed by atoms with Gasteiger partial charge in [0.1, 0.15) is 11.9 Å². The predicted octanol–water partition coefficient (Wildman–Crippen LogP) is 0.522. The molecule has 1 aliphatic rings. The smallest absolute Gasteiger partial charge is 0.223 e. The number of benzene rings is 1. The van der Waals surface area contributed by atoms with Crippen molar-refractivity contribution < 1.29 is 24.2 Å². The summed E-state index contributed by atoms with van der Waals surface area (Å²) in [6, 6.07) is 7.07. The maximum atomic E-state index is 12.1. The first-order valence-electron chi connectivity index (χ1n) is 8.13. The molecule has 1 heterocycles. The lowest BCUT2D eigenvalue weighted by Crippen LogP contribution is -2.48. The molecule has 0 fully saturated rings. The average Bonchev–Trinajstić information content (AvgIpc) is 2.61. The fourth-order valence-corrected chi connectivity index (χ4v) is 2.67. The number of hydrogen-bond acceptors (Lipinski definition) is 5. The minimum atomic E-state index is -0.569. The first-order valence-corrected chi connectivity index (χ1v) is 8.13. The summed E-state index contributed by atoms with van der Waals surface area (Å²) in [6.45, 7) is 1.52. The lowest BCUT2D eigenvalue weighted by molar-refractivity contribution is -0.127. The number of methoxy groups -OCH3 is 1. The molecule has 0 unspecified atom stereocenters. The van der Waals surface area contributed by atoms with Gasteiger partial charge in [-0.15, -0.1) is 0 Å². The van der Waals surface area contributed by atoms with Gasteiger partial charge in [-0.05, 0) is 6.07 Å². The molecule has 3 atom stereocenters. The van der Waals surface area contributed by atoms with Crippen LogP contribution in [0.25, 0.3) is 0 Å². The summed E-state index contributed by atoms with van der Waals surface area (Å²) < 4.78 is 10.9. The minimum Gasteiger partial charge on any atom is -0.496 e. The monoisotopic (exact) mass is 348 g/mol. The van der Waals surface area contributed by atoms with Crippen LogP contribution in [0.5, 0.6) is 5.75 Å². The van der Waals surface area contributed by atoms with Crippen LogP contribution >= 0.6 is 0 Å². The Morgan fingerprint density at radius 2 is 2.04 bits per heavy atom. The van der Waals surface area contributed by atoms with Crippen LogP contribution in [0.15, 0.2) is 36.4 Å². The number of ether oxygens (including phenoxy) is 2. The molecule has 3 N–H and O–H groups in total. The quantitative estimate of drug-likeness (QED) is 0.624. The Bertz CT molecular complexity index is 632. The normalized spacial score (nSPS) is 22.3.